The van der Waals surface area contributed by atoms with Crippen LogP contribution in [0.3, 0.4) is 0 Å². The first-order valence-corrected chi connectivity index (χ1v) is 6.79. The van der Waals surface area contributed by atoms with Gasteiger partial charge in [-0.2, -0.15) is 0 Å². The lowest BCUT2D eigenvalue weighted by Crippen LogP contribution is -2.43. The molecule has 2 fully saturated rings. The van der Waals surface area contributed by atoms with Gasteiger partial charge in [0.15, 0.2) is 0 Å². The molecule has 1 aromatic heterocycles. The number of nitrogens with one attached hydrogen (secondary N) is 2. The maximum Gasteiger partial charge on any atom is 0.252 e. The van der Waals surface area contributed by atoms with Crippen molar-refractivity contribution in [3.8, 4) is 0 Å². The van der Waals surface area contributed by atoms with Gasteiger partial charge in [-0.1, -0.05) is 0 Å². The molecule has 18 heavy (non-hydrogen) atoms. The molecule has 2 N–H and O–H groups in total. The molecule has 1 aromatic rings. The van der Waals surface area contributed by atoms with Crippen LogP contribution in [0.15, 0.2) is 10.9 Å². The van der Waals surface area contributed by atoms with Crippen molar-refractivity contribution in [1.82, 2.24) is 14.9 Å². The Balaban J connectivity index is 1.67. The molecule has 3 heterocycles. The Morgan fingerprint density at radius 1 is 1.44 bits per heavy atom. The maximum atomic E-state index is 11.4. The zero-order valence-electron chi connectivity index (χ0n) is 10.8. The summed E-state index contributed by atoms with van der Waals surface area (Å²) in [5.41, 5.74) is -0.0803. The Labute approximate surface area is 107 Å². The predicted molar refractivity (Wildman–Crippen MR) is 70.8 cm³/mol. The van der Waals surface area contributed by atoms with E-state index in [1.807, 2.05) is 6.92 Å². The molecule has 2 saturated heterocycles. The van der Waals surface area contributed by atoms with Crippen molar-refractivity contribution in [3.63, 3.8) is 0 Å². The van der Waals surface area contributed by atoms with Crippen LogP contribution in [-0.4, -0.2) is 40.0 Å². The van der Waals surface area contributed by atoms with Gasteiger partial charge in [-0.05, 0) is 39.2 Å². The summed E-state index contributed by atoms with van der Waals surface area (Å²) in [5, 5.41) is 3.42. The molecule has 0 amide bonds. The highest BCUT2D eigenvalue weighted by molar-refractivity contribution is 5.34. The summed E-state index contributed by atoms with van der Waals surface area (Å²) in [6, 6.07) is 2.74. The summed E-state index contributed by atoms with van der Waals surface area (Å²) in [6.45, 7) is 4.25. The fourth-order valence-electron chi connectivity index (χ4n) is 3.22. The number of rotatable bonds is 2. The van der Waals surface area contributed by atoms with Crippen molar-refractivity contribution in [3.05, 3.63) is 22.2 Å². The minimum atomic E-state index is -0.0803. The number of anilines is 1. The van der Waals surface area contributed by atoms with Crippen molar-refractivity contribution < 1.29 is 0 Å². The molecule has 5 nitrogen and oxygen atoms in total. The number of H-pyrrole nitrogens is 1. The monoisotopic (exact) mass is 248 g/mol. The normalized spacial score (nSPS) is 28.1. The van der Waals surface area contributed by atoms with Crippen molar-refractivity contribution in [1.29, 1.82) is 0 Å². The molecule has 2 unspecified atom stereocenters. The van der Waals surface area contributed by atoms with Crippen molar-refractivity contribution >= 4 is 5.82 Å². The van der Waals surface area contributed by atoms with Crippen LogP contribution in [0.25, 0.3) is 0 Å². The van der Waals surface area contributed by atoms with Crippen LogP contribution in [0.5, 0.6) is 0 Å². The molecular formula is C13H20N4O. The summed E-state index contributed by atoms with van der Waals surface area (Å²) in [4.78, 5) is 21.0. The molecule has 0 aromatic carbocycles. The molecule has 2 atom stereocenters. The number of aromatic nitrogens is 2. The Bertz CT molecular complexity index is 484. The van der Waals surface area contributed by atoms with Crippen molar-refractivity contribution in [2.45, 2.75) is 44.7 Å². The number of hydrogen-bond donors (Lipinski definition) is 2. The molecule has 0 radical (unpaired) electrons. The van der Waals surface area contributed by atoms with Gasteiger partial charge in [0.25, 0.3) is 5.56 Å². The second kappa shape index (κ2) is 4.72. The van der Waals surface area contributed by atoms with E-state index in [2.05, 4.69) is 20.2 Å². The third kappa shape index (κ3) is 2.41. The van der Waals surface area contributed by atoms with Gasteiger partial charge in [0.2, 0.25) is 0 Å². The molecule has 2 aliphatic heterocycles. The summed E-state index contributed by atoms with van der Waals surface area (Å²) in [5.74, 6) is 1.39. The minimum Gasteiger partial charge on any atom is -0.367 e. The average molecular weight is 248 g/mol. The second-order valence-corrected chi connectivity index (χ2v) is 5.41. The highest BCUT2D eigenvalue weighted by Gasteiger charge is 2.31. The lowest BCUT2D eigenvalue weighted by Gasteiger charge is -2.35. The van der Waals surface area contributed by atoms with E-state index in [1.165, 1.54) is 32.4 Å². The van der Waals surface area contributed by atoms with Gasteiger partial charge in [-0.15, -0.1) is 0 Å². The average Bonchev–Trinajstić information content (AvgIpc) is 2.74. The highest BCUT2D eigenvalue weighted by Crippen LogP contribution is 2.27. The van der Waals surface area contributed by atoms with Gasteiger partial charge >= 0.3 is 0 Å². The Hall–Kier alpha value is -1.36. The largest absolute Gasteiger partial charge is 0.367 e. The van der Waals surface area contributed by atoms with Gasteiger partial charge in [0.05, 0.1) is 0 Å². The number of aromatic amines is 1. The topological polar surface area (TPSA) is 61.0 Å². The summed E-state index contributed by atoms with van der Waals surface area (Å²) >= 11 is 0. The van der Waals surface area contributed by atoms with E-state index in [4.69, 9.17) is 0 Å². The van der Waals surface area contributed by atoms with Crippen LogP contribution in [0.4, 0.5) is 5.82 Å². The van der Waals surface area contributed by atoms with Gasteiger partial charge in [-0.3, -0.25) is 4.79 Å². The molecule has 3 rings (SSSR count). The first kappa shape index (κ1) is 11.7. The molecule has 98 valence electrons. The predicted octanol–water partition coefficient (Wildman–Crippen LogP) is 1.12. The quantitative estimate of drug-likeness (QED) is 0.823. The summed E-state index contributed by atoms with van der Waals surface area (Å²) < 4.78 is 0. The fraction of sp³-hybridized carbons (Fsp3) is 0.692. The Morgan fingerprint density at radius 3 is 3.17 bits per heavy atom. The number of nitrogens with zero attached hydrogens (tertiary/aromatic N) is 2. The van der Waals surface area contributed by atoms with Crippen LogP contribution < -0.4 is 10.9 Å². The van der Waals surface area contributed by atoms with Crippen LogP contribution in [0, 0.1) is 6.92 Å². The minimum absolute atomic E-state index is 0.0803. The SMILES string of the molecule is Cc1nc(NC2CCN3CCCC3C2)cc(=O)[nH]1. The van der Waals surface area contributed by atoms with E-state index in [-0.39, 0.29) is 5.56 Å². The standard InChI is InChI=1S/C13H20N4O/c1-9-14-12(8-13(18)15-9)16-10-4-6-17-5-2-3-11(17)7-10/h8,10-11H,2-7H2,1H3,(H2,14,15,16,18). The maximum absolute atomic E-state index is 11.4. The first-order chi connectivity index (χ1) is 8.70. The van der Waals surface area contributed by atoms with E-state index in [0.717, 1.165) is 12.5 Å². The zero-order chi connectivity index (χ0) is 12.5. The van der Waals surface area contributed by atoms with Crippen LogP contribution in [0.2, 0.25) is 0 Å². The molecule has 5 heteroatoms. The Kier molecular flexibility index (Phi) is 3.07. The van der Waals surface area contributed by atoms with Crippen molar-refractivity contribution in [2.24, 2.45) is 0 Å². The Morgan fingerprint density at radius 2 is 2.33 bits per heavy atom. The number of aryl methyl sites for hydroxylation is 1. The van der Waals surface area contributed by atoms with Crippen LogP contribution in [-0.2, 0) is 0 Å². The fourth-order valence-corrected chi connectivity index (χ4v) is 3.22. The third-order valence-corrected chi connectivity index (χ3v) is 4.03. The van der Waals surface area contributed by atoms with Crippen molar-refractivity contribution in [2.75, 3.05) is 18.4 Å². The first-order valence-electron chi connectivity index (χ1n) is 6.79. The highest BCUT2D eigenvalue weighted by atomic mass is 16.1. The molecule has 2 aliphatic rings. The lowest BCUT2D eigenvalue weighted by molar-refractivity contribution is 0.188. The van der Waals surface area contributed by atoms with Gasteiger partial charge in [0.1, 0.15) is 11.6 Å². The van der Waals surface area contributed by atoms with Crippen LogP contribution in [0.1, 0.15) is 31.5 Å². The lowest BCUT2D eigenvalue weighted by atomic mass is 9.97. The van der Waals surface area contributed by atoms with E-state index in [0.29, 0.717) is 17.7 Å². The number of fused-ring (bicyclic) bond motifs is 1. The molecular weight excluding hydrogens is 228 g/mol. The summed E-state index contributed by atoms with van der Waals surface area (Å²) in [7, 11) is 0. The third-order valence-electron chi connectivity index (χ3n) is 4.03. The zero-order valence-corrected chi connectivity index (χ0v) is 10.8. The van der Waals surface area contributed by atoms with E-state index < -0.39 is 0 Å². The molecule has 0 saturated carbocycles. The smallest absolute Gasteiger partial charge is 0.252 e. The van der Waals surface area contributed by atoms with Gasteiger partial charge in [-0.25, -0.2) is 4.98 Å². The summed E-state index contributed by atoms with van der Waals surface area (Å²) in [6.07, 6.45) is 4.97. The van der Waals surface area contributed by atoms with E-state index >= 15 is 0 Å². The number of hydrogen-bond acceptors (Lipinski definition) is 4. The van der Waals surface area contributed by atoms with Crippen LogP contribution >= 0.6 is 0 Å². The second-order valence-electron chi connectivity index (χ2n) is 5.41. The molecule has 0 bridgehead atoms. The van der Waals surface area contributed by atoms with E-state index in [1.54, 1.807) is 6.07 Å². The molecule has 0 aliphatic carbocycles. The number of piperidine rings is 1. The van der Waals surface area contributed by atoms with Gasteiger partial charge < -0.3 is 15.2 Å². The molecule has 0 spiro atoms. The van der Waals surface area contributed by atoms with Gasteiger partial charge in [0, 0.05) is 24.7 Å². The van der Waals surface area contributed by atoms with E-state index in [9.17, 15) is 4.79 Å².